The van der Waals surface area contributed by atoms with E-state index in [1.54, 1.807) is 14.2 Å². The second kappa shape index (κ2) is 11.8. The Balaban J connectivity index is 1.57. The van der Waals surface area contributed by atoms with E-state index in [9.17, 15) is 0 Å². The number of ether oxygens (including phenoxy) is 3. The van der Waals surface area contributed by atoms with Crippen molar-refractivity contribution in [3.8, 4) is 0 Å². The van der Waals surface area contributed by atoms with E-state index in [0.29, 0.717) is 12.5 Å². The highest BCUT2D eigenvalue weighted by molar-refractivity contribution is 5.79. The first kappa shape index (κ1) is 19.7. The van der Waals surface area contributed by atoms with E-state index >= 15 is 0 Å². The predicted octanol–water partition coefficient (Wildman–Crippen LogP) is 1.94. The summed E-state index contributed by atoms with van der Waals surface area (Å²) in [7, 11) is 3.50. The minimum absolute atomic E-state index is 0.580. The van der Waals surface area contributed by atoms with E-state index in [4.69, 9.17) is 14.2 Å². The van der Waals surface area contributed by atoms with Crippen LogP contribution in [0.15, 0.2) is 29.3 Å². The number of methoxy groups -OCH3 is 1. The summed E-state index contributed by atoms with van der Waals surface area (Å²) in [6.45, 7) is 5.50. The first-order valence-corrected chi connectivity index (χ1v) is 8.98. The van der Waals surface area contributed by atoms with Gasteiger partial charge in [-0.1, -0.05) is 24.3 Å². The van der Waals surface area contributed by atoms with Gasteiger partial charge in [0, 0.05) is 46.4 Å². The summed E-state index contributed by atoms with van der Waals surface area (Å²) in [5.41, 5.74) is 2.38. The lowest BCUT2D eigenvalue weighted by atomic mass is 10.1. The molecule has 1 fully saturated rings. The van der Waals surface area contributed by atoms with Crippen LogP contribution in [0.4, 0.5) is 0 Å². The summed E-state index contributed by atoms with van der Waals surface area (Å²) >= 11 is 0. The topological polar surface area (TPSA) is 64.1 Å². The molecule has 0 amide bonds. The Hall–Kier alpha value is -1.63. The summed E-state index contributed by atoms with van der Waals surface area (Å²) in [6, 6.07) is 8.36. The van der Waals surface area contributed by atoms with Crippen molar-refractivity contribution in [3.63, 3.8) is 0 Å². The van der Waals surface area contributed by atoms with E-state index in [-0.39, 0.29) is 0 Å². The summed E-state index contributed by atoms with van der Waals surface area (Å²) in [4.78, 5) is 4.26. The zero-order valence-electron chi connectivity index (χ0n) is 15.4. The van der Waals surface area contributed by atoms with Gasteiger partial charge in [-0.2, -0.15) is 0 Å². The molecule has 6 nitrogen and oxygen atoms in total. The highest BCUT2D eigenvalue weighted by Gasteiger charge is 2.15. The van der Waals surface area contributed by atoms with Crippen LogP contribution in [0.5, 0.6) is 0 Å². The molecule has 1 aromatic rings. The van der Waals surface area contributed by atoms with Crippen molar-refractivity contribution in [2.45, 2.75) is 26.0 Å². The van der Waals surface area contributed by atoms with Crippen LogP contribution in [0.3, 0.4) is 0 Å². The van der Waals surface area contributed by atoms with E-state index in [2.05, 4.69) is 33.8 Å². The molecule has 1 heterocycles. The first-order chi connectivity index (χ1) is 12.3. The van der Waals surface area contributed by atoms with Crippen LogP contribution < -0.4 is 10.6 Å². The number of nitrogens with one attached hydrogen (secondary N) is 2. The second-order valence-electron chi connectivity index (χ2n) is 6.26. The lowest BCUT2D eigenvalue weighted by Crippen LogP contribution is -2.37. The minimum atomic E-state index is 0.580. The van der Waals surface area contributed by atoms with Crippen LogP contribution in [0.1, 0.15) is 24.0 Å². The third-order valence-electron chi connectivity index (χ3n) is 4.12. The van der Waals surface area contributed by atoms with Gasteiger partial charge in [-0.15, -0.1) is 0 Å². The Bertz CT molecular complexity index is 516. The normalized spacial score (nSPS) is 17.7. The summed E-state index contributed by atoms with van der Waals surface area (Å²) in [6.07, 6.45) is 2.08. The van der Waals surface area contributed by atoms with E-state index in [1.165, 1.54) is 11.1 Å². The molecular weight excluding hydrogens is 318 g/mol. The Labute approximate surface area is 151 Å². The number of aliphatic imine (C=N–C) groups is 1. The van der Waals surface area contributed by atoms with Gasteiger partial charge >= 0.3 is 0 Å². The molecule has 0 radical (unpaired) electrons. The maximum absolute atomic E-state index is 5.71. The monoisotopic (exact) mass is 349 g/mol. The number of hydrogen-bond donors (Lipinski definition) is 2. The summed E-state index contributed by atoms with van der Waals surface area (Å²) < 4.78 is 16.2. The molecule has 0 aromatic heterocycles. The van der Waals surface area contributed by atoms with Gasteiger partial charge in [0.05, 0.1) is 19.8 Å². The Morgan fingerprint density at radius 1 is 1.32 bits per heavy atom. The molecule has 140 valence electrons. The molecule has 1 aliphatic rings. The van der Waals surface area contributed by atoms with E-state index in [1.807, 2.05) is 6.07 Å². The largest absolute Gasteiger partial charge is 0.381 e. The summed E-state index contributed by atoms with van der Waals surface area (Å²) in [5, 5.41) is 6.65. The van der Waals surface area contributed by atoms with Crippen molar-refractivity contribution in [1.82, 2.24) is 10.6 Å². The second-order valence-corrected chi connectivity index (χ2v) is 6.26. The third-order valence-corrected chi connectivity index (χ3v) is 4.12. The zero-order valence-corrected chi connectivity index (χ0v) is 15.4. The molecule has 1 atom stereocenters. The average Bonchev–Trinajstić information content (AvgIpc) is 3.14. The van der Waals surface area contributed by atoms with Crippen LogP contribution in [0, 0.1) is 5.92 Å². The zero-order chi connectivity index (χ0) is 17.7. The molecule has 2 N–H and O–H groups in total. The molecule has 0 aliphatic carbocycles. The predicted molar refractivity (Wildman–Crippen MR) is 99.7 cm³/mol. The Morgan fingerprint density at radius 3 is 2.96 bits per heavy atom. The van der Waals surface area contributed by atoms with Crippen LogP contribution >= 0.6 is 0 Å². The average molecular weight is 349 g/mol. The fourth-order valence-electron chi connectivity index (χ4n) is 2.75. The van der Waals surface area contributed by atoms with Crippen molar-refractivity contribution in [2.24, 2.45) is 10.9 Å². The molecule has 0 spiro atoms. The van der Waals surface area contributed by atoms with Gasteiger partial charge in [0.15, 0.2) is 5.96 Å². The lowest BCUT2D eigenvalue weighted by molar-refractivity contribution is 0.0888. The van der Waals surface area contributed by atoms with E-state index in [0.717, 1.165) is 58.3 Å². The van der Waals surface area contributed by atoms with Gasteiger partial charge < -0.3 is 24.8 Å². The number of nitrogens with zero attached hydrogens (tertiary/aromatic N) is 1. The fourth-order valence-corrected chi connectivity index (χ4v) is 2.75. The SMILES string of the molecule is CN=C(NCCCOCC1CCOC1)NCc1cccc(COC)c1. The highest BCUT2D eigenvalue weighted by Crippen LogP contribution is 2.12. The van der Waals surface area contributed by atoms with Gasteiger partial charge in [0.25, 0.3) is 0 Å². The number of hydrogen-bond acceptors (Lipinski definition) is 4. The Kier molecular flexibility index (Phi) is 9.33. The lowest BCUT2D eigenvalue weighted by Gasteiger charge is -2.13. The number of benzene rings is 1. The molecule has 6 heteroatoms. The molecule has 1 unspecified atom stereocenters. The molecular formula is C19H31N3O3. The molecule has 1 aliphatic heterocycles. The molecule has 1 aromatic carbocycles. The Morgan fingerprint density at radius 2 is 2.20 bits per heavy atom. The highest BCUT2D eigenvalue weighted by atomic mass is 16.5. The molecule has 1 saturated heterocycles. The number of rotatable bonds is 10. The van der Waals surface area contributed by atoms with Crippen molar-refractivity contribution in [3.05, 3.63) is 35.4 Å². The third kappa shape index (κ3) is 7.86. The molecule has 25 heavy (non-hydrogen) atoms. The van der Waals surface area contributed by atoms with Crippen LogP contribution in [0.25, 0.3) is 0 Å². The van der Waals surface area contributed by atoms with Gasteiger partial charge in [0.2, 0.25) is 0 Å². The van der Waals surface area contributed by atoms with Gasteiger partial charge in [-0.3, -0.25) is 4.99 Å². The quantitative estimate of drug-likeness (QED) is 0.384. The van der Waals surface area contributed by atoms with Crippen molar-refractivity contribution in [1.29, 1.82) is 0 Å². The molecule has 0 bridgehead atoms. The molecule has 2 rings (SSSR count). The van der Waals surface area contributed by atoms with Crippen molar-refractivity contribution < 1.29 is 14.2 Å². The van der Waals surface area contributed by atoms with Crippen molar-refractivity contribution >= 4 is 5.96 Å². The fraction of sp³-hybridized carbons (Fsp3) is 0.632. The van der Waals surface area contributed by atoms with Crippen molar-refractivity contribution in [2.75, 3.05) is 47.1 Å². The van der Waals surface area contributed by atoms with Gasteiger partial charge in [-0.25, -0.2) is 0 Å². The standard InChI is InChI=1S/C19H31N3O3/c1-20-19(21-8-4-9-24-14-18-7-10-25-15-18)22-12-16-5-3-6-17(11-16)13-23-2/h3,5-6,11,18H,4,7-10,12-15H2,1-2H3,(H2,20,21,22). The van der Waals surface area contributed by atoms with E-state index < -0.39 is 0 Å². The molecule has 0 saturated carbocycles. The van der Waals surface area contributed by atoms with Gasteiger partial charge in [0.1, 0.15) is 0 Å². The first-order valence-electron chi connectivity index (χ1n) is 8.98. The summed E-state index contributed by atoms with van der Waals surface area (Å²) in [5.74, 6) is 1.39. The van der Waals surface area contributed by atoms with Crippen LogP contribution in [-0.2, 0) is 27.4 Å². The smallest absolute Gasteiger partial charge is 0.191 e. The maximum Gasteiger partial charge on any atom is 0.191 e. The van der Waals surface area contributed by atoms with Crippen LogP contribution in [-0.4, -0.2) is 53.1 Å². The minimum Gasteiger partial charge on any atom is -0.381 e. The van der Waals surface area contributed by atoms with Gasteiger partial charge in [-0.05, 0) is 24.0 Å². The number of guanidine groups is 1. The van der Waals surface area contributed by atoms with Crippen LogP contribution in [0.2, 0.25) is 0 Å². The maximum atomic E-state index is 5.71.